The third-order valence-corrected chi connectivity index (χ3v) is 4.03. The minimum absolute atomic E-state index is 0.00568. The van der Waals surface area contributed by atoms with Gasteiger partial charge in [-0.15, -0.1) is 0 Å². The molecule has 0 aliphatic carbocycles. The first kappa shape index (κ1) is 23.8. The molecule has 0 spiro atoms. The minimum Gasteiger partial charge on any atom is -0.480 e. The molecule has 0 saturated heterocycles. The van der Waals surface area contributed by atoms with Crippen molar-refractivity contribution in [3.8, 4) is 0 Å². The van der Waals surface area contributed by atoms with Crippen LogP contribution in [-0.2, 0) is 25.6 Å². The van der Waals surface area contributed by atoms with Crippen LogP contribution in [0, 0.1) is 5.92 Å². The van der Waals surface area contributed by atoms with E-state index < -0.39 is 29.6 Å². The fourth-order valence-corrected chi connectivity index (χ4v) is 2.49. The second-order valence-electron chi connectivity index (χ2n) is 8.17. The van der Waals surface area contributed by atoms with Crippen molar-refractivity contribution in [3.05, 3.63) is 35.9 Å². The summed E-state index contributed by atoms with van der Waals surface area (Å²) >= 11 is 0. The Bertz CT molecular complexity index is 653. The van der Waals surface area contributed by atoms with Crippen molar-refractivity contribution < 1.29 is 24.3 Å². The van der Waals surface area contributed by atoms with Gasteiger partial charge in [-0.1, -0.05) is 44.2 Å². The number of hydrogen-bond acceptors (Lipinski definition) is 5. The molecule has 1 aromatic rings. The van der Waals surface area contributed by atoms with E-state index in [1.807, 2.05) is 51.1 Å². The standard InChI is InChI=1S/C21H32N2O5/c1-14(2)19(20(26)27)22-18(25)12-11-17(24)16(23-28-21(3,4)5)13-15-9-7-6-8-10-15/h6-10,14,16,19,23H,11-13H2,1-5H3,(H,22,25)(H,26,27)/t16-,19?/m0/s1. The maximum absolute atomic E-state index is 12.7. The van der Waals surface area contributed by atoms with Crippen LogP contribution in [0.2, 0.25) is 0 Å². The third-order valence-electron chi connectivity index (χ3n) is 4.03. The summed E-state index contributed by atoms with van der Waals surface area (Å²) in [5, 5.41) is 11.6. The Hall–Kier alpha value is -2.25. The Morgan fingerprint density at radius 1 is 1.07 bits per heavy atom. The first-order valence-corrected chi connectivity index (χ1v) is 9.52. The van der Waals surface area contributed by atoms with E-state index in [0.717, 1.165) is 5.56 Å². The number of Topliss-reactive ketones (excluding diaryl/α,β-unsaturated/α-hetero) is 1. The summed E-state index contributed by atoms with van der Waals surface area (Å²) in [6.45, 7) is 9.04. The summed E-state index contributed by atoms with van der Waals surface area (Å²) in [4.78, 5) is 41.5. The fourth-order valence-electron chi connectivity index (χ4n) is 2.49. The summed E-state index contributed by atoms with van der Waals surface area (Å²) in [5.74, 6) is -1.95. The maximum Gasteiger partial charge on any atom is 0.326 e. The first-order valence-electron chi connectivity index (χ1n) is 9.52. The average molecular weight is 392 g/mol. The van der Waals surface area contributed by atoms with Crippen LogP contribution in [-0.4, -0.2) is 40.5 Å². The van der Waals surface area contributed by atoms with Crippen molar-refractivity contribution in [3.63, 3.8) is 0 Å². The molecule has 156 valence electrons. The monoisotopic (exact) mass is 392 g/mol. The highest BCUT2D eigenvalue weighted by Gasteiger charge is 2.25. The number of carboxylic acids is 1. The molecule has 0 saturated carbocycles. The number of carbonyl (C=O) groups is 3. The number of carboxylic acid groups (broad SMARTS) is 1. The van der Waals surface area contributed by atoms with Gasteiger partial charge in [0.2, 0.25) is 5.91 Å². The van der Waals surface area contributed by atoms with E-state index in [1.54, 1.807) is 13.8 Å². The van der Waals surface area contributed by atoms with E-state index in [9.17, 15) is 14.4 Å². The molecule has 3 N–H and O–H groups in total. The summed E-state index contributed by atoms with van der Waals surface area (Å²) < 4.78 is 0. The van der Waals surface area contributed by atoms with Gasteiger partial charge in [-0.3, -0.25) is 14.4 Å². The van der Waals surface area contributed by atoms with E-state index in [-0.39, 0.29) is 24.5 Å². The molecule has 1 unspecified atom stereocenters. The van der Waals surface area contributed by atoms with Gasteiger partial charge >= 0.3 is 5.97 Å². The summed E-state index contributed by atoms with van der Waals surface area (Å²) in [6, 6.07) is 7.97. The second kappa shape index (κ2) is 10.9. The SMILES string of the molecule is CC(C)C(NC(=O)CCC(=O)[C@H](Cc1ccccc1)NOC(C)(C)C)C(=O)O. The molecule has 2 atom stereocenters. The van der Waals surface area contributed by atoms with Crippen LogP contribution in [0.4, 0.5) is 0 Å². The molecule has 0 aromatic heterocycles. The summed E-state index contributed by atoms with van der Waals surface area (Å²) in [7, 11) is 0. The van der Waals surface area contributed by atoms with Gasteiger partial charge in [-0.2, -0.15) is 5.48 Å². The number of benzene rings is 1. The third kappa shape index (κ3) is 9.10. The van der Waals surface area contributed by atoms with Crippen molar-refractivity contribution in [1.82, 2.24) is 10.8 Å². The lowest BCUT2D eigenvalue weighted by atomic mass is 9.99. The Balaban J connectivity index is 2.69. The van der Waals surface area contributed by atoms with E-state index in [4.69, 9.17) is 9.94 Å². The van der Waals surface area contributed by atoms with Gasteiger partial charge in [-0.25, -0.2) is 4.79 Å². The number of nitrogens with one attached hydrogen (secondary N) is 2. The second-order valence-corrected chi connectivity index (χ2v) is 8.17. The molecule has 28 heavy (non-hydrogen) atoms. The first-order chi connectivity index (χ1) is 13.0. The molecule has 7 heteroatoms. The van der Waals surface area contributed by atoms with Gasteiger partial charge in [0.25, 0.3) is 0 Å². The van der Waals surface area contributed by atoms with Gasteiger partial charge < -0.3 is 10.4 Å². The lowest BCUT2D eigenvalue weighted by Crippen LogP contribution is -2.45. The summed E-state index contributed by atoms with van der Waals surface area (Å²) in [6.07, 6.45) is 0.354. The zero-order valence-electron chi connectivity index (χ0n) is 17.3. The van der Waals surface area contributed by atoms with Gasteiger partial charge in [0, 0.05) is 12.8 Å². The molecule has 0 radical (unpaired) electrons. The van der Waals surface area contributed by atoms with Gasteiger partial charge in [-0.05, 0) is 38.7 Å². The highest BCUT2D eigenvalue weighted by molar-refractivity contribution is 5.90. The predicted molar refractivity (Wildman–Crippen MR) is 107 cm³/mol. The molecule has 1 amide bonds. The van der Waals surface area contributed by atoms with Crippen LogP contribution < -0.4 is 10.8 Å². The molecular formula is C21H32N2O5. The lowest BCUT2D eigenvalue weighted by Gasteiger charge is -2.25. The topological polar surface area (TPSA) is 105 Å². The molecule has 7 nitrogen and oxygen atoms in total. The van der Waals surface area contributed by atoms with Crippen LogP contribution in [0.15, 0.2) is 30.3 Å². The molecule has 1 aromatic carbocycles. The van der Waals surface area contributed by atoms with Gasteiger partial charge in [0.1, 0.15) is 6.04 Å². The molecular weight excluding hydrogens is 360 g/mol. The zero-order chi connectivity index (χ0) is 21.3. The molecule has 0 heterocycles. The zero-order valence-corrected chi connectivity index (χ0v) is 17.3. The number of ketones is 1. The molecule has 0 bridgehead atoms. The Kier molecular flexibility index (Phi) is 9.28. The Morgan fingerprint density at radius 3 is 2.18 bits per heavy atom. The number of amides is 1. The number of carbonyl (C=O) groups excluding carboxylic acids is 2. The Labute approximate surface area is 166 Å². The number of aliphatic carboxylic acids is 1. The van der Waals surface area contributed by atoms with Crippen molar-refractivity contribution in [2.75, 3.05) is 0 Å². The molecule has 0 aliphatic rings. The summed E-state index contributed by atoms with van der Waals surface area (Å²) in [5.41, 5.74) is 3.33. The van der Waals surface area contributed by atoms with Crippen molar-refractivity contribution in [2.45, 2.75) is 71.6 Å². The molecule has 0 fully saturated rings. The van der Waals surface area contributed by atoms with E-state index in [1.165, 1.54) is 0 Å². The van der Waals surface area contributed by atoms with Crippen LogP contribution in [0.5, 0.6) is 0 Å². The molecule has 0 aliphatic heterocycles. The number of hydrogen-bond donors (Lipinski definition) is 3. The van der Waals surface area contributed by atoms with E-state index in [2.05, 4.69) is 10.8 Å². The minimum atomic E-state index is -1.09. The highest BCUT2D eigenvalue weighted by atomic mass is 16.7. The quantitative estimate of drug-likeness (QED) is 0.500. The van der Waals surface area contributed by atoms with Gasteiger partial charge in [0.15, 0.2) is 5.78 Å². The lowest BCUT2D eigenvalue weighted by molar-refractivity contribution is -0.143. The molecule has 1 rings (SSSR count). The van der Waals surface area contributed by atoms with Crippen molar-refractivity contribution in [1.29, 1.82) is 0 Å². The van der Waals surface area contributed by atoms with Crippen molar-refractivity contribution >= 4 is 17.7 Å². The van der Waals surface area contributed by atoms with Crippen LogP contribution >= 0.6 is 0 Å². The average Bonchev–Trinajstić information content (AvgIpc) is 2.60. The van der Waals surface area contributed by atoms with E-state index >= 15 is 0 Å². The van der Waals surface area contributed by atoms with Crippen LogP contribution in [0.25, 0.3) is 0 Å². The Morgan fingerprint density at radius 2 is 1.68 bits per heavy atom. The fraction of sp³-hybridized carbons (Fsp3) is 0.571. The van der Waals surface area contributed by atoms with Gasteiger partial charge in [0.05, 0.1) is 11.6 Å². The van der Waals surface area contributed by atoms with E-state index in [0.29, 0.717) is 6.42 Å². The normalized spacial score (nSPS) is 13.8. The largest absolute Gasteiger partial charge is 0.480 e. The highest BCUT2D eigenvalue weighted by Crippen LogP contribution is 2.11. The maximum atomic E-state index is 12.7. The predicted octanol–water partition coefficient (Wildman–Crippen LogP) is 2.49. The van der Waals surface area contributed by atoms with Crippen LogP contribution in [0.1, 0.15) is 53.0 Å². The number of hydroxylamine groups is 1. The van der Waals surface area contributed by atoms with Crippen molar-refractivity contribution in [2.24, 2.45) is 5.92 Å². The van der Waals surface area contributed by atoms with Crippen LogP contribution in [0.3, 0.4) is 0 Å². The smallest absolute Gasteiger partial charge is 0.326 e. The number of rotatable bonds is 11.